The van der Waals surface area contributed by atoms with Crippen molar-refractivity contribution in [1.29, 1.82) is 0 Å². The van der Waals surface area contributed by atoms with E-state index in [9.17, 15) is 13.6 Å². The zero-order valence-electron chi connectivity index (χ0n) is 11.5. The van der Waals surface area contributed by atoms with E-state index in [0.717, 1.165) is 22.6 Å². The quantitative estimate of drug-likeness (QED) is 0.574. The summed E-state index contributed by atoms with van der Waals surface area (Å²) in [7, 11) is 0. The lowest BCUT2D eigenvalue weighted by Gasteiger charge is -2.04. The first kappa shape index (κ1) is 14.2. The first-order chi connectivity index (χ1) is 11.1. The van der Waals surface area contributed by atoms with E-state index >= 15 is 0 Å². The van der Waals surface area contributed by atoms with Crippen molar-refractivity contribution in [2.75, 3.05) is 0 Å². The fourth-order valence-electron chi connectivity index (χ4n) is 2.40. The second-order valence-electron chi connectivity index (χ2n) is 4.82. The van der Waals surface area contributed by atoms with Crippen molar-refractivity contribution in [3.63, 3.8) is 0 Å². The Kier molecular flexibility index (Phi) is 3.32. The molecule has 4 aromatic rings. The van der Waals surface area contributed by atoms with E-state index in [2.05, 4.69) is 9.97 Å². The lowest BCUT2D eigenvalue weighted by atomic mass is 10.1. The van der Waals surface area contributed by atoms with Crippen molar-refractivity contribution in [2.45, 2.75) is 0 Å². The Morgan fingerprint density at radius 3 is 2.52 bits per heavy atom. The summed E-state index contributed by atoms with van der Waals surface area (Å²) in [6, 6.07) is 7.34. The molecule has 0 unspecified atom stereocenters. The first-order valence-corrected chi connectivity index (χ1v) is 8.41. The van der Waals surface area contributed by atoms with Gasteiger partial charge in [-0.3, -0.25) is 4.79 Å². The standard InChI is InChI=1S/C16H8F2N2OS2/c17-9-3-1-4-10(18)13(9)14-19-15(21)12-8(7-23-16(12)20-14)11-5-2-6-22-11/h1-7H,(H,19,20,21). The normalized spacial score (nSPS) is 11.2. The van der Waals surface area contributed by atoms with Crippen LogP contribution in [0.5, 0.6) is 0 Å². The maximum Gasteiger partial charge on any atom is 0.260 e. The van der Waals surface area contributed by atoms with Crippen molar-refractivity contribution < 1.29 is 8.78 Å². The third kappa shape index (κ3) is 2.29. The number of aromatic nitrogens is 2. The van der Waals surface area contributed by atoms with Crippen molar-refractivity contribution in [1.82, 2.24) is 9.97 Å². The monoisotopic (exact) mass is 346 g/mol. The molecule has 0 bridgehead atoms. The van der Waals surface area contributed by atoms with Crippen LogP contribution in [0.4, 0.5) is 8.78 Å². The van der Waals surface area contributed by atoms with Crippen molar-refractivity contribution >= 4 is 32.9 Å². The smallest absolute Gasteiger partial charge is 0.260 e. The van der Waals surface area contributed by atoms with Crippen LogP contribution in [0.25, 0.3) is 32.0 Å². The molecule has 0 saturated carbocycles. The number of fused-ring (bicyclic) bond motifs is 1. The van der Waals surface area contributed by atoms with Crippen molar-refractivity contribution in [2.24, 2.45) is 0 Å². The highest BCUT2D eigenvalue weighted by molar-refractivity contribution is 7.18. The maximum absolute atomic E-state index is 13.9. The van der Waals surface area contributed by atoms with Crippen LogP contribution in [0.2, 0.25) is 0 Å². The average Bonchev–Trinajstić information content (AvgIpc) is 3.15. The molecule has 3 heterocycles. The van der Waals surface area contributed by atoms with Gasteiger partial charge < -0.3 is 4.98 Å². The molecule has 0 fully saturated rings. The van der Waals surface area contributed by atoms with E-state index in [1.54, 1.807) is 0 Å². The van der Waals surface area contributed by atoms with Crippen LogP contribution in [0.15, 0.2) is 45.9 Å². The van der Waals surface area contributed by atoms with Crippen LogP contribution in [0.1, 0.15) is 0 Å². The molecule has 1 N–H and O–H groups in total. The Labute approximate surface area is 136 Å². The molecule has 114 valence electrons. The summed E-state index contributed by atoms with van der Waals surface area (Å²) < 4.78 is 27.8. The summed E-state index contributed by atoms with van der Waals surface area (Å²) in [5, 5.41) is 4.20. The summed E-state index contributed by atoms with van der Waals surface area (Å²) in [6.45, 7) is 0. The van der Waals surface area contributed by atoms with E-state index in [0.29, 0.717) is 10.2 Å². The molecule has 0 spiro atoms. The molecule has 0 aliphatic carbocycles. The predicted octanol–water partition coefficient (Wildman–Crippen LogP) is 4.66. The fraction of sp³-hybridized carbons (Fsp3) is 0. The topological polar surface area (TPSA) is 45.8 Å². The van der Waals surface area contributed by atoms with Crippen LogP contribution >= 0.6 is 22.7 Å². The SMILES string of the molecule is O=c1[nH]c(-c2c(F)cccc2F)nc2scc(-c3cccs3)c12. The lowest BCUT2D eigenvalue weighted by Crippen LogP contribution is -2.10. The second-order valence-corrected chi connectivity index (χ2v) is 6.62. The number of nitrogens with one attached hydrogen (secondary N) is 1. The number of nitrogens with zero attached hydrogens (tertiary/aromatic N) is 1. The number of H-pyrrole nitrogens is 1. The first-order valence-electron chi connectivity index (χ1n) is 6.65. The van der Waals surface area contributed by atoms with Gasteiger partial charge in [-0.15, -0.1) is 22.7 Å². The highest BCUT2D eigenvalue weighted by Crippen LogP contribution is 2.34. The van der Waals surface area contributed by atoms with Crippen molar-refractivity contribution in [3.05, 3.63) is 63.1 Å². The van der Waals surface area contributed by atoms with E-state index in [1.165, 1.54) is 28.7 Å². The molecular weight excluding hydrogens is 338 g/mol. The van der Waals surface area contributed by atoms with Gasteiger partial charge in [0, 0.05) is 15.8 Å². The summed E-state index contributed by atoms with van der Waals surface area (Å²) in [4.78, 5) is 20.6. The van der Waals surface area contributed by atoms with E-state index in [-0.39, 0.29) is 11.4 Å². The number of aromatic amines is 1. The molecule has 0 saturated heterocycles. The van der Waals surface area contributed by atoms with Gasteiger partial charge >= 0.3 is 0 Å². The summed E-state index contributed by atoms with van der Waals surface area (Å²) >= 11 is 2.79. The van der Waals surface area contributed by atoms with Gasteiger partial charge in [-0.1, -0.05) is 12.1 Å². The van der Waals surface area contributed by atoms with Gasteiger partial charge in [-0.05, 0) is 23.6 Å². The van der Waals surface area contributed by atoms with Gasteiger partial charge in [0.1, 0.15) is 22.3 Å². The molecule has 0 amide bonds. The fourth-order valence-corrected chi connectivity index (χ4v) is 4.17. The lowest BCUT2D eigenvalue weighted by molar-refractivity contribution is 0.587. The Morgan fingerprint density at radius 1 is 1.04 bits per heavy atom. The molecule has 3 aromatic heterocycles. The second kappa shape index (κ2) is 5.36. The zero-order chi connectivity index (χ0) is 16.0. The molecule has 4 rings (SSSR count). The molecule has 0 atom stereocenters. The number of hydrogen-bond acceptors (Lipinski definition) is 4. The van der Waals surface area contributed by atoms with Gasteiger partial charge in [-0.25, -0.2) is 13.8 Å². The molecule has 7 heteroatoms. The number of rotatable bonds is 2. The molecule has 3 nitrogen and oxygen atoms in total. The van der Waals surface area contributed by atoms with Crippen LogP contribution < -0.4 is 5.56 Å². The van der Waals surface area contributed by atoms with Crippen LogP contribution in [-0.2, 0) is 0 Å². The minimum absolute atomic E-state index is 0.0994. The summed E-state index contributed by atoms with van der Waals surface area (Å²) in [5.41, 5.74) is 0.0594. The number of thiophene rings is 2. The van der Waals surface area contributed by atoms with Crippen molar-refractivity contribution in [3.8, 4) is 21.8 Å². The van der Waals surface area contributed by atoms with Gasteiger partial charge in [0.05, 0.1) is 10.9 Å². The van der Waals surface area contributed by atoms with E-state index < -0.39 is 17.2 Å². The molecule has 0 aliphatic rings. The third-order valence-electron chi connectivity index (χ3n) is 3.43. The van der Waals surface area contributed by atoms with Gasteiger partial charge in [-0.2, -0.15) is 0 Å². The van der Waals surface area contributed by atoms with Gasteiger partial charge in [0.2, 0.25) is 0 Å². The summed E-state index contributed by atoms with van der Waals surface area (Å²) in [5.74, 6) is -1.62. The number of halogens is 2. The molecule has 1 aromatic carbocycles. The molecule has 0 aliphatic heterocycles. The molecule has 0 radical (unpaired) electrons. The minimum atomic E-state index is -0.762. The Balaban J connectivity index is 1.98. The van der Waals surface area contributed by atoms with Gasteiger partial charge in [0.15, 0.2) is 0 Å². The maximum atomic E-state index is 13.9. The number of benzene rings is 1. The van der Waals surface area contributed by atoms with Crippen LogP contribution in [0.3, 0.4) is 0 Å². The van der Waals surface area contributed by atoms with Gasteiger partial charge in [0.25, 0.3) is 5.56 Å². The van der Waals surface area contributed by atoms with E-state index in [1.807, 2.05) is 22.9 Å². The Hall–Kier alpha value is -2.38. The highest BCUT2D eigenvalue weighted by atomic mass is 32.1. The molecule has 23 heavy (non-hydrogen) atoms. The largest absolute Gasteiger partial charge is 0.306 e. The van der Waals surface area contributed by atoms with E-state index in [4.69, 9.17) is 0 Å². The van der Waals surface area contributed by atoms with Crippen LogP contribution in [0, 0.1) is 11.6 Å². The Bertz CT molecular complexity index is 1050. The number of hydrogen-bond donors (Lipinski definition) is 1. The third-order valence-corrected chi connectivity index (χ3v) is 5.21. The van der Waals surface area contributed by atoms with Crippen LogP contribution in [-0.4, -0.2) is 9.97 Å². The predicted molar refractivity (Wildman–Crippen MR) is 88.9 cm³/mol. The highest BCUT2D eigenvalue weighted by Gasteiger charge is 2.18. The average molecular weight is 346 g/mol. The summed E-state index contributed by atoms with van der Waals surface area (Å²) in [6.07, 6.45) is 0. The Morgan fingerprint density at radius 2 is 1.83 bits per heavy atom. The molecular formula is C16H8F2N2OS2. The zero-order valence-corrected chi connectivity index (χ0v) is 13.1. The minimum Gasteiger partial charge on any atom is -0.306 e.